The van der Waals surface area contributed by atoms with E-state index in [-0.39, 0.29) is 18.2 Å². The van der Waals surface area contributed by atoms with E-state index in [9.17, 15) is 9.59 Å². The number of esters is 1. The van der Waals surface area contributed by atoms with Crippen LogP contribution in [0.5, 0.6) is 0 Å². The van der Waals surface area contributed by atoms with Gasteiger partial charge in [0.25, 0.3) is 5.91 Å². The molecule has 2 aromatic heterocycles. The molecule has 0 fully saturated rings. The molecule has 134 valence electrons. The van der Waals surface area contributed by atoms with E-state index in [0.717, 1.165) is 11.3 Å². The largest absolute Gasteiger partial charge is 0.461 e. The number of thioether (sulfide) groups is 1. The highest BCUT2D eigenvalue weighted by molar-refractivity contribution is 7.97. The second kappa shape index (κ2) is 8.05. The molecule has 1 aromatic carbocycles. The molecule has 0 atom stereocenters. The maximum absolute atomic E-state index is 12.6. The number of pyridine rings is 1. The molecule has 3 aromatic rings. The Kier molecular flexibility index (Phi) is 5.58. The normalized spacial score (nSPS) is 10.7. The van der Waals surface area contributed by atoms with Crippen molar-refractivity contribution in [2.24, 2.45) is 0 Å². The standard InChI is InChI=1S/C19H19N3O3S/c1-3-25-19(24)16-17(22-11-5-4-6-15(22)20-16)21-18(23)14-9-7-13(8-10-14)12-26-2/h4-11H,3,12H2,1-2H3,(H,21,23). The van der Waals surface area contributed by atoms with Crippen molar-refractivity contribution in [2.75, 3.05) is 18.2 Å². The average molecular weight is 369 g/mol. The first-order valence-corrected chi connectivity index (χ1v) is 9.57. The number of anilines is 1. The summed E-state index contributed by atoms with van der Waals surface area (Å²) in [6.07, 6.45) is 3.77. The molecule has 0 aliphatic carbocycles. The summed E-state index contributed by atoms with van der Waals surface area (Å²) < 4.78 is 6.72. The summed E-state index contributed by atoms with van der Waals surface area (Å²) in [4.78, 5) is 29.2. The molecule has 0 saturated carbocycles. The third-order valence-corrected chi connectivity index (χ3v) is 4.38. The van der Waals surface area contributed by atoms with E-state index in [1.807, 2.05) is 24.5 Å². The van der Waals surface area contributed by atoms with Crippen molar-refractivity contribution in [1.82, 2.24) is 9.38 Å². The first-order chi connectivity index (χ1) is 12.6. The summed E-state index contributed by atoms with van der Waals surface area (Å²) in [5.41, 5.74) is 2.30. The van der Waals surface area contributed by atoms with E-state index in [4.69, 9.17) is 4.74 Å². The van der Waals surface area contributed by atoms with E-state index in [1.54, 1.807) is 53.5 Å². The molecule has 26 heavy (non-hydrogen) atoms. The van der Waals surface area contributed by atoms with Gasteiger partial charge in [-0.1, -0.05) is 18.2 Å². The van der Waals surface area contributed by atoms with Gasteiger partial charge >= 0.3 is 5.97 Å². The minimum absolute atomic E-state index is 0.0883. The Morgan fingerprint density at radius 2 is 1.96 bits per heavy atom. The van der Waals surface area contributed by atoms with Crippen molar-refractivity contribution in [3.8, 4) is 0 Å². The Bertz CT molecular complexity index is 935. The van der Waals surface area contributed by atoms with Crippen LogP contribution in [0.1, 0.15) is 33.3 Å². The smallest absolute Gasteiger partial charge is 0.360 e. The Morgan fingerprint density at radius 1 is 1.19 bits per heavy atom. The summed E-state index contributed by atoms with van der Waals surface area (Å²) >= 11 is 1.72. The van der Waals surface area contributed by atoms with E-state index >= 15 is 0 Å². The van der Waals surface area contributed by atoms with Crippen molar-refractivity contribution in [2.45, 2.75) is 12.7 Å². The number of imidazole rings is 1. The number of hydrogen-bond acceptors (Lipinski definition) is 5. The number of fused-ring (bicyclic) bond motifs is 1. The molecule has 0 radical (unpaired) electrons. The van der Waals surface area contributed by atoms with Crippen molar-refractivity contribution < 1.29 is 14.3 Å². The molecular weight excluding hydrogens is 350 g/mol. The highest BCUT2D eigenvalue weighted by Crippen LogP contribution is 2.20. The summed E-state index contributed by atoms with van der Waals surface area (Å²) in [7, 11) is 0. The van der Waals surface area contributed by atoms with E-state index in [0.29, 0.717) is 17.0 Å². The zero-order chi connectivity index (χ0) is 18.5. The van der Waals surface area contributed by atoms with Crippen molar-refractivity contribution >= 4 is 35.1 Å². The molecule has 0 unspecified atom stereocenters. The highest BCUT2D eigenvalue weighted by Gasteiger charge is 2.22. The van der Waals surface area contributed by atoms with E-state index in [1.165, 1.54) is 0 Å². The van der Waals surface area contributed by atoms with Gasteiger partial charge in [0.2, 0.25) is 0 Å². The van der Waals surface area contributed by atoms with Crippen molar-refractivity contribution in [1.29, 1.82) is 0 Å². The van der Waals surface area contributed by atoms with Crippen LogP contribution in [0.25, 0.3) is 5.65 Å². The lowest BCUT2D eigenvalue weighted by molar-refractivity contribution is 0.0521. The van der Waals surface area contributed by atoms with E-state index < -0.39 is 5.97 Å². The number of nitrogens with one attached hydrogen (secondary N) is 1. The Hall–Kier alpha value is -2.80. The minimum atomic E-state index is -0.568. The highest BCUT2D eigenvalue weighted by atomic mass is 32.2. The van der Waals surface area contributed by atoms with Crippen LogP contribution in [-0.4, -0.2) is 34.1 Å². The zero-order valence-corrected chi connectivity index (χ0v) is 15.4. The fourth-order valence-electron chi connectivity index (χ4n) is 2.56. The number of ether oxygens (including phenoxy) is 1. The first-order valence-electron chi connectivity index (χ1n) is 8.17. The maximum Gasteiger partial charge on any atom is 0.360 e. The molecule has 0 saturated heterocycles. The fourth-order valence-corrected chi connectivity index (χ4v) is 3.08. The van der Waals surface area contributed by atoms with E-state index in [2.05, 4.69) is 10.3 Å². The monoisotopic (exact) mass is 369 g/mol. The minimum Gasteiger partial charge on any atom is -0.461 e. The lowest BCUT2D eigenvalue weighted by Gasteiger charge is -2.08. The Morgan fingerprint density at radius 3 is 2.65 bits per heavy atom. The summed E-state index contributed by atoms with van der Waals surface area (Å²) in [6, 6.07) is 12.8. The Labute approximate surface area is 155 Å². The lowest BCUT2D eigenvalue weighted by Crippen LogP contribution is -2.17. The first kappa shape index (κ1) is 18.0. The predicted octanol–water partition coefficient (Wildman–Crippen LogP) is 3.63. The van der Waals surface area contributed by atoms with Crippen LogP contribution in [-0.2, 0) is 10.5 Å². The van der Waals surface area contributed by atoms with Crippen LogP contribution >= 0.6 is 11.8 Å². The van der Waals surface area contributed by atoms with Gasteiger partial charge in [0.05, 0.1) is 6.61 Å². The number of hydrogen-bond donors (Lipinski definition) is 1. The van der Waals surface area contributed by atoms with Gasteiger partial charge < -0.3 is 10.1 Å². The van der Waals surface area contributed by atoms with Gasteiger partial charge in [0.1, 0.15) is 5.65 Å². The van der Waals surface area contributed by atoms with Gasteiger partial charge in [-0.25, -0.2) is 9.78 Å². The SMILES string of the molecule is CCOC(=O)c1nc2ccccn2c1NC(=O)c1ccc(CSC)cc1. The number of carbonyl (C=O) groups is 2. The molecule has 2 heterocycles. The van der Waals surface area contributed by atoms with Crippen LogP contribution in [0.4, 0.5) is 5.82 Å². The third-order valence-electron chi connectivity index (χ3n) is 3.76. The molecule has 3 rings (SSSR count). The second-order valence-electron chi connectivity index (χ2n) is 5.54. The molecule has 0 bridgehead atoms. The lowest BCUT2D eigenvalue weighted by atomic mass is 10.1. The number of nitrogens with zero attached hydrogens (tertiary/aromatic N) is 2. The summed E-state index contributed by atoms with van der Waals surface area (Å²) in [5, 5.41) is 2.80. The molecule has 1 N–H and O–H groups in total. The molecule has 0 aliphatic heterocycles. The Balaban J connectivity index is 1.92. The van der Waals surface area contributed by atoms with Crippen LogP contribution in [0.3, 0.4) is 0 Å². The topological polar surface area (TPSA) is 72.7 Å². The van der Waals surface area contributed by atoms with Crippen molar-refractivity contribution in [3.63, 3.8) is 0 Å². The summed E-state index contributed by atoms with van der Waals surface area (Å²) in [5.74, 6) is 0.318. The maximum atomic E-state index is 12.6. The molecule has 7 heteroatoms. The van der Waals surface area contributed by atoms with Crippen LogP contribution in [0.15, 0.2) is 48.7 Å². The summed E-state index contributed by atoms with van der Waals surface area (Å²) in [6.45, 7) is 1.96. The molecule has 6 nitrogen and oxygen atoms in total. The van der Waals surface area contributed by atoms with Gasteiger partial charge in [0, 0.05) is 17.5 Å². The third kappa shape index (κ3) is 3.72. The second-order valence-corrected chi connectivity index (χ2v) is 6.41. The van der Waals surface area contributed by atoms with Crippen LogP contribution < -0.4 is 5.32 Å². The zero-order valence-electron chi connectivity index (χ0n) is 14.6. The van der Waals surface area contributed by atoms with Gasteiger partial charge in [-0.05, 0) is 43.0 Å². The molecular formula is C19H19N3O3S. The van der Waals surface area contributed by atoms with Gasteiger partial charge in [-0.2, -0.15) is 11.8 Å². The van der Waals surface area contributed by atoms with Gasteiger partial charge in [-0.15, -0.1) is 0 Å². The van der Waals surface area contributed by atoms with Gasteiger partial charge in [0.15, 0.2) is 11.5 Å². The van der Waals surface area contributed by atoms with Crippen LogP contribution in [0, 0.1) is 0 Å². The quantitative estimate of drug-likeness (QED) is 0.672. The molecule has 1 amide bonds. The number of aromatic nitrogens is 2. The van der Waals surface area contributed by atoms with Crippen molar-refractivity contribution in [3.05, 3.63) is 65.5 Å². The number of carbonyl (C=O) groups excluding carboxylic acids is 2. The van der Waals surface area contributed by atoms with Gasteiger partial charge in [-0.3, -0.25) is 9.20 Å². The van der Waals surface area contributed by atoms with Crippen LogP contribution in [0.2, 0.25) is 0 Å². The average Bonchev–Trinajstić information content (AvgIpc) is 3.01. The number of benzene rings is 1. The predicted molar refractivity (Wildman–Crippen MR) is 103 cm³/mol. The fraction of sp³-hybridized carbons (Fsp3) is 0.211. The molecule has 0 aliphatic rings. The number of rotatable bonds is 6. The number of amides is 1. The molecule has 0 spiro atoms.